The van der Waals surface area contributed by atoms with Gasteiger partial charge in [-0.15, -0.1) is 13.2 Å². The molecule has 0 unspecified atom stereocenters. The van der Waals surface area contributed by atoms with Gasteiger partial charge in [0.25, 0.3) is 5.56 Å². The lowest BCUT2D eigenvalue weighted by Crippen LogP contribution is -2.17. The molecule has 34 heavy (non-hydrogen) atoms. The molecule has 2 aromatic heterocycles. The van der Waals surface area contributed by atoms with Crippen molar-refractivity contribution in [3.8, 4) is 17.2 Å². The van der Waals surface area contributed by atoms with Gasteiger partial charge in [0.05, 0.1) is 24.7 Å². The third-order valence-corrected chi connectivity index (χ3v) is 5.32. The Kier molecular flexibility index (Phi) is 6.45. The number of fused-ring (bicyclic) bond motifs is 1. The molecule has 0 aliphatic heterocycles. The first-order valence-electron chi connectivity index (χ1n) is 9.63. The molecule has 0 atom stereocenters. The smallest absolute Gasteiger partial charge is 0.497 e. The number of halogens is 3. The minimum atomic E-state index is -4.80. The fourth-order valence-corrected chi connectivity index (χ4v) is 3.61. The molecule has 0 saturated carbocycles. The molecular formula is C21H16F3N5O4S. The Balaban J connectivity index is 1.45. The Morgan fingerprint density at radius 3 is 2.44 bits per heavy atom. The number of benzene rings is 2. The number of anilines is 1. The van der Waals surface area contributed by atoms with Crippen molar-refractivity contribution in [1.29, 1.82) is 0 Å². The van der Waals surface area contributed by atoms with Crippen LogP contribution < -0.4 is 20.3 Å². The Morgan fingerprint density at radius 1 is 1.12 bits per heavy atom. The third-order valence-electron chi connectivity index (χ3n) is 4.44. The van der Waals surface area contributed by atoms with E-state index in [2.05, 4.69) is 25.1 Å². The van der Waals surface area contributed by atoms with E-state index in [1.807, 2.05) is 0 Å². The molecule has 13 heteroatoms. The summed E-state index contributed by atoms with van der Waals surface area (Å²) >= 11 is 0.988. The first-order chi connectivity index (χ1) is 16.2. The van der Waals surface area contributed by atoms with Gasteiger partial charge in [-0.2, -0.15) is 5.10 Å². The number of methoxy groups -OCH3 is 1. The zero-order valence-electron chi connectivity index (χ0n) is 17.4. The van der Waals surface area contributed by atoms with Crippen LogP contribution in [0.5, 0.6) is 11.5 Å². The van der Waals surface area contributed by atoms with Crippen LogP contribution in [0.15, 0.2) is 64.7 Å². The van der Waals surface area contributed by atoms with Crippen LogP contribution in [-0.4, -0.2) is 44.9 Å². The lowest BCUT2D eigenvalue weighted by Gasteiger charge is -2.10. The maximum atomic E-state index is 12.4. The molecule has 1 amide bonds. The maximum Gasteiger partial charge on any atom is 0.573 e. The first-order valence-corrected chi connectivity index (χ1v) is 10.6. The number of thioether (sulfide) groups is 1. The molecule has 2 heterocycles. The number of alkyl halides is 3. The lowest BCUT2D eigenvalue weighted by atomic mass is 10.3. The number of H-pyrrole nitrogens is 1. The van der Waals surface area contributed by atoms with E-state index in [4.69, 9.17) is 4.74 Å². The fraction of sp³-hybridized carbons (Fsp3) is 0.143. The van der Waals surface area contributed by atoms with Crippen LogP contribution in [0.3, 0.4) is 0 Å². The number of rotatable bonds is 7. The van der Waals surface area contributed by atoms with Crippen LogP contribution in [0.1, 0.15) is 0 Å². The van der Waals surface area contributed by atoms with Crippen molar-refractivity contribution < 1.29 is 27.4 Å². The number of carbonyl (C=O) groups is 1. The second-order valence-electron chi connectivity index (χ2n) is 6.77. The zero-order valence-corrected chi connectivity index (χ0v) is 18.2. The first kappa shape index (κ1) is 23.2. The van der Waals surface area contributed by atoms with Crippen molar-refractivity contribution in [2.75, 3.05) is 18.2 Å². The normalized spacial score (nSPS) is 11.4. The number of aromatic amines is 1. The topological polar surface area (TPSA) is 111 Å². The number of hydrogen-bond acceptors (Lipinski definition) is 7. The van der Waals surface area contributed by atoms with Gasteiger partial charge in [0.15, 0.2) is 10.8 Å². The molecule has 4 rings (SSSR count). The highest BCUT2D eigenvalue weighted by atomic mass is 32.2. The SMILES string of the molecule is COc1ccc(-n2ncc3c(=O)[nH]c(SCC(=O)Nc4ccc(OC(F)(F)F)cc4)nc32)cc1. The van der Waals surface area contributed by atoms with E-state index < -0.39 is 23.6 Å². The third kappa shape index (κ3) is 5.49. The van der Waals surface area contributed by atoms with Gasteiger partial charge >= 0.3 is 6.36 Å². The van der Waals surface area contributed by atoms with Crippen LogP contribution in [-0.2, 0) is 4.79 Å². The number of nitrogens with zero attached hydrogens (tertiary/aromatic N) is 3. The van der Waals surface area contributed by atoms with Crippen LogP contribution in [0.25, 0.3) is 16.7 Å². The minimum Gasteiger partial charge on any atom is -0.497 e. The van der Waals surface area contributed by atoms with E-state index in [1.165, 1.54) is 23.0 Å². The summed E-state index contributed by atoms with van der Waals surface area (Å²) in [6, 6.07) is 11.8. The van der Waals surface area contributed by atoms with Gasteiger partial charge in [-0.1, -0.05) is 11.8 Å². The van der Waals surface area contributed by atoms with Crippen LogP contribution >= 0.6 is 11.8 Å². The van der Waals surface area contributed by atoms with Crippen molar-refractivity contribution >= 4 is 34.4 Å². The van der Waals surface area contributed by atoms with Crippen LogP contribution in [0.2, 0.25) is 0 Å². The van der Waals surface area contributed by atoms with Crippen LogP contribution in [0, 0.1) is 0 Å². The van der Waals surface area contributed by atoms with Crippen molar-refractivity contribution in [3.63, 3.8) is 0 Å². The van der Waals surface area contributed by atoms with E-state index in [1.54, 1.807) is 31.4 Å². The van der Waals surface area contributed by atoms with Gasteiger partial charge in [-0.25, -0.2) is 9.67 Å². The number of nitrogens with one attached hydrogen (secondary N) is 2. The van der Waals surface area contributed by atoms with E-state index in [-0.39, 0.29) is 22.0 Å². The van der Waals surface area contributed by atoms with Gasteiger partial charge in [0, 0.05) is 5.69 Å². The number of ether oxygens (including phenoxy) is 2. The van der Waals surface area contributed by atoms with Gasteiger partial charge in [-0.3, -0.25) is 9.59 Å². The second kappa shape index (κ2) is 9.47. The quantitative estimate of drug-likeness (QED) is 0.299. The standard InChI is InChI=1S/C21H16F3N5O4S/c1-32-14-8-4-13(5-9-14)29-18-16(10-25-29)19(31)28-20(27-18)34-11-17(30)26-12-2-6-15(7-3-12)33-21(22,23)24/h2-10H,11H2,1H3,(H,26,30)(H,27,28,31). The predicted octanol–water partition coefficient (Wildman–Crippen LogP) is 3.75. The summed E-state index contributed by atoms with van der Waals surface area (Å²) in [4.78, 5) is 31.7. The van der Waals surface area contributed by atoms with E-state index >= 15 is 0 Å². The molecular weight excluding hydrogens is 475 g/mol. The monoisotopic (exact) mass is 491 g/mol. The molecule has 0 radical (unpaired) electrons. The molecule has 0 fully saturated rings. The molecule has 0 saturated heterocycles. The molecule has 2 aromatic carbocycles. The summed E-state index contributed by atoms with van der Waals surface area (Å²) in [6.45, 7) is 0. The second-order valence-corrected chi connectivity index (χ2v) is 7.74. The van der Waals surface area contributed by atoms with E-state index in [9.17, 15) is 22.8 Å². The Morgan fingerprint density at radius 2 is 1.79 bits per heavy atom. The molecule has 9 nitrogen and oxygen atoms in total. The van der Waals surface area contributed by atoms with Gasteiger partial charge < -0.3 is 19.8 Å². The molecule has 0 spiro atoms. The van der Waals surface area contributed by atoms with Crippen molar-refractivity contribution in [3.05, 3.63) is 65.1 Å². The molecule has 0 aliphatic rings. The highest BCUT2D eigenvalue weighted by Crippen LogP contribution is 2.24. The summed E-state index contributed by atoms with van der Waals surface area (Å²) in [5.74, 6) is -0.286. The summed E-state index contributed by atoms with van der Waals surface area (Å²) in [6.07, 6.45) is -3.39. The summed E-state index contributed by atoms with van der Waals surface area (Å²) in [5, 5.41) is 7.27. The average molecular weight is 491 g/mol. The fourth-order valence-electron chi connectivity index (χ4n) is 2.95. The lowest BCUT2D eigenvalue weighted by molar-refractivity contribution is -0.274. The number of hydrogen-bond donors (Lipinski definition) is 2. The highest BCUT2D eigenvalue weighted by molar-refractivity contribution is 7.99. The maximum absolute atomic E-state index is 12.4. The molecule has 176 valence electrons. The van der Waals surface area contributed by atoms with E-state index in [0.29, 0.717) is 17.1 Å². The molecule has 2 N–H and O–H groups in total. The van der Waals surface area contributed by atoms with Crippen molar-refractivity contribution in [2.45, 2.75) is 11.5 Å². The highest BCUT2D eigenvalue weighted by Gasteiger charge is 2.31. The van der Waals surface area contributed by atoms with Gasteiger partial charge in [-0.05, 0) is 48.5 Å². The number of aromatic nitrogens is 4. The van der Waals surface area contributed by atoms with Crippen molar-refractivity contribution in [2.24, 2.45) is 0 Å². The average Bonchev–Trinajstić information content (AvgIpc) is 3.23. The van der Waals surface area contributed by atoms with E-state index in [0.717, 1.165) is 23.9 Å². The summed E-state index contributed by atoms with van der Waals surface area (Å²) in [5.41, 5.74) is 0.861. The number of amides is 1. The Bertz CT molecular complexity index is 1370. The predicted molar refractivity (Wildman–Crippen MR) is 119 cm³/mol. The Hall–Kier alpha value is -4.00. The largest absolute Gasteiger partial charge is 0.573 e. The summed E-state index contributed by atoms with van der Waals surface area (Å²) in [7, 11) is 1.55. The minimum absolute atomic E-state index is 0.105. The molecule has 4 aromatic rings. The Labute approximate surface area is 193 Å². The number of carbonyl (C=O) groups excluding carboxylic acids is 1. The van der Waals surface area contributed by atoms with Crippen molar-refractivity contribution in [1.82, 2.24) is 19.7 Å². The van der Waals surface area contributed by atoms with Gasteiger partial charge in [0.2, 0.25) is 5.91 Å². The summed E-state index contributed by atoms with van der Waals surface area (Å²) < 4.78 is 47.1. The molecule has 0 bridgehead atoms. The zero-order chi connectivity index (χ0) is 24.3. The van der Waals surface area contributed by atoms with Gasteiger partial charge in [0.1, 0.15) is 16.9 Å². The molecule has 0 aliphatic carbocycles. The van der Waals surface area contributed by atoms with Crippen LogP contribution in [0.4, 0.5) is 18.9 Å².